The van der Waals surface area contributed by atoms with E-state index in [1.165, 1.54) is 11.1 Å². The highest BCUT2D eigenvalue weighted by molar-refractivity contribution is 6.05. The average Bonchev–Trinajstić information content (AvgIpc) is 3.25. The molecule has 0 saturated carbocycles. The highest BCUT2D eigenvalue weighted by atomic mass is 16.2. The lowest BCUT2D eigenvalue weighted by Gasteiger charge is -2.22. The smallest absolute Gasteiger partial charge is 0.232 e. The second-order valence-electron chi connectivity index (χ2n) is 6.80. The second kappa shape index (κ2) is 6.36. The number of carbonyl (C=O) groups is 2. The Bertz CT molecular complexity index is 830. The summed E-state index contributed by atoms with van der Waals surface area (Å²) in [5.74, 6) is -0.143. The molecule has 1 fully saturated rings. The first-order chi connectivity index (χ1) is 12.2. The van der Waals surface area contributed by atoms with Crippen LogP contribution >= 0.6 is 0 Å². The Morgan fingerprint density at radius 1 is 1.16 bits per heavy atom. The SMILES string of the molecule is CCc1cccc(N2CC(C(=O)N3CCc4ccccc43)CC2=O)c1. The van der Waals surface area contributed by atoms with Gasteiger partial charge in [0, 0.05) is 30.9 Å². The minimum absolute atomic E-state index is 0.0408. The van der Waals surface area contributed by atoms with Gasteiger partial charge in [-0.05, 0) is 42.2 Å². The highest BCUT2D eigenvalue weighted by Gasteiger charge is 2.39. The van der Waals surface area contributed by atoms with Gasteiger partial charge >= 0.3 is 0 Å². The van der Waals surface area contributed by atoms with Crippen molar-refractivity contribution >= 4 is 23.2 Å². The Balaban J connectivity index is 1.53. The van der Waals surface area contributed by atoms with Crippen LogP contribution in [0.4, 0.5) is 11.4 Å². The summed E-state index contributed by atoms with van der Waals surface area (Å²) in [4.78, 5) is 29.1. The molecule has 2 aromatic carbocycles. The van der Waals surface area contributed by atoms with E-state index in [0.717, 1.165) is 24.2 Å². The van der Waals surface area contributed by atoms with Gasteiger partial charge < -0.3 is 9.80 Å². The van der Waals surface area contributed by atoms with Crippen molar-refractivity contribution in [2.75, 3.05) is 22.9 Å². The number of hydrogen-bond donors (Lipinski definition) is 0. The minimum atomic E-state index is -0.260. The number of para-hydroxylation sites is 1. The van der Waals surface area contributed by atoms with Gasteiger partial charge in [0.2, 0.25) is 11.8 Å². The molecule has 128 valence electrons. The molecular formula is C21H22N2O2. The van der Waals surface area contributed by atoms with Crippen molar-refractivity contribution in [1.29, 1.82) is 0 Å². The number of fused-ring (bicyclic) bond motifs is 1. The van der Waals surface area contributed by atoms with E-state index in [2.05, 4.69) is 25.1 Å². The van der Waals surface area contributed by atoms with E-state index in [0.29, 0.717) is 19.5 Å². The Morgan fingerprint density at radius 2 is 2.00 bits per heavy atom. The molecular weight excluding hydrogens is 312 g/mol. The number of anilines is 2. The summed E-state index contributed by atoms with van der Waals surface area (Å²) < 4.78 is 0. The van der Waals surface area contributed by atoms with E-state index in [-0.39, 0.29) is 17.7 Å². The maximum Gasteiger partial charge on any atom is 0.232 e. The maximum absolute atomic E-state index is 13.0. The molecule has 2 heterocycles. The third kappa shape index (κ3) is 2.82. The third-order valence-electron chi connectivity index (χ3n) is 5.26. The summed E-state index contributed by atoms with van der Waals surface area (Å²) in [7, 11) is 0. The first kappa shape index (κ1) is 15.9. The van der Waals surface area contributed by atoms with Gasteiger partial charge in [-0.1, -0.05) is 37.3 Å². The van der Waals surface area contributed by atoms with E-state index in [1.807, 2.05) is 35.2 Å². The quantitative estimate of drug-likeness (QED) is 0.865. The molecule has 2 aromatic rings. The molecule has 1 atom stereocenters. The molecule has 4 nitrogen and oxygen atoms in total. The molecule has 0 aliphatic carbocycles. The zero-order chi connectivity index (χ0) is 17.4. The topological polar surface area (TPSA) is 40.6 Å². The first-order valence-corrected chi connectivity index (χ1v) is 8.96. The summed E-state index contributed by atoms with van der Waals surface area (Å²) in [5, 5.41) is 0. The summed E-state index contributed by atoms with van der Waals surface area (Å²) >= 11 is 0. The van der Waals surface area contributed by atoms with Crippen molar-refractivity contribution in [1.82, 2.24) is 0 Å². The zero-order valence-electron chi connectivity index (χ0n) is 14.4. The molecule has 2 aliphatic heterocycles. The minimum Gasteiger partial charge on any atom is -0.312 e. The first-order valence-electron chi connectivity index (χ1n) is 8.96. The van der Waals surface area contributed by atoms with Gasteiger partial charge in [0.05, 0.1) is 5.92 Å². The molecule has 0 N–H and O–H groups in total. The van der Waals surface area contributed by atoms with Gasteiger partial charge in [0.1, 0.15) is 0 Å². The molecule has 0 aromatic heterocycles. The van der Waals surface area contributed by atoms with Crippen molar-refractivity contribution in [3.8, 4) is 0 Å². The lowest BCUT2D eigenvalue weighted by molar-refractivity contribution is -0.124. The largest absolute Gasteiger partial charge is 0.312 e. The molecule has 2 aliphatic rings. The average molecular weight is 334 g/mol. The lowest BCUT2D eigenvalue weighted by Crippen LogP contribution is -2.36. The molecule has 1 saturated heterocycles. The predicted molar refractivity (Wildman–Crippen MR) is 98.8 cm³/mol. The fourth-order valence-corrected chi connectivity index (χ4v) is 3.85. The van der Waals surface area contributed by atoms with Crippen LogP contribution < -0.4 is 9.80 Å². The van der Waals surface area contributed by atoms with Crippen LogP contribution in [0, 0.1) is 5.92 Å². The Morgan fingerprint density at radius 3 is 2.84 bits per heavy atom. The molecule has 0 bridgehead atoms. The highest BCUT2D eigenvalue weighted by Crippen LogP contribution is 2.32. The van der Waals surface area contributed by atoms with Crippen LogP contribution in [0.5, 0.6) is 0 Å². The Hall–Kier alpha value is -2.62. The normalized spacial score (nSPS) is 19.4. The molecule has 2 amide bonds. The standard InChI is InChI=1S/C21H22N2O2/c1-2-15-6-5-8-18(12-15)23-14-17(13-20(23)24)21(25)22-11-10-16-7-3-4-9-19(16)22/h3-9,12,17H,2,10-11,13-14H2,1H3. The van der Waals surface area contributed by atoms with Crippen molar-refractivity contribution in [2.24, 2.45) is 5.92 Å². The van der Waals surface area contributed by atoms with Crippen LogP contribution in [0.3, 0.4) is 0 Å². The summed E-state index contributed by atoms with van der Waals surface area (Å²) in [6.07, 6.45) is 2.13. The second-order valence-corrected chi connectivity index (χ2v) is 6.80. The van der Waals surface area contributed by atoms with E-state index in [9.17, 15) is 9.59 Å². The van der Waals surface area contributed by atoms with E-state index >= 15 is 0 Å². The molecule has 0 spiro atoms. The number of hydrogen-bond acceptors (Lipinski definition) is 2. The van der Waals surface area contributed by atoms with E-state index < -0.39 is 0 Å². The number of nitrogens with zero attached hydrogens (tertiary/aromatic N) is 2. The Labute approximate surface area is 148 Å². The molecule has 4 rings (SSSR count). The lowest BCUT2D eigenvalue weighted by atomic mass is 10.1. The van der Waals surface area contributed by atoms with Crippen LogP contribution in [0.25, 0.3) is 0 Å². The third-order valence-corrected chi connectivity index (χ3v) is 5.26. The van der Waals surface area contributed by atoms with E-state index in [4.69, 9.17) is 0 Å². The number of aryl methyl sites for hydroxylation is 1. The summed E-state index contributed by atoms with van der Waals surface area (Å²) in [6.45, 7) is 3.29. The summed E-state index contributed by atoms with van der Waals surface area (Å²) in [6, 6.07) is 16.1. The predicted octanol–water partition coefficient (Wildman–Crippen LogP) is 3.19. The Kier molecular flexibility index (Phi) is 4.04. The van der Waals surface area contributed by atoms with Crippen LogP contribution in [0.1, 0.15) is 24.5 Å². The van der Waals surface area contributed by atoms with Gasteiger partial charge in [0.15, 0.2) is 0 Å². The molecule has 4 heteroatoms. The fourth-order valence-electron chi connectivity index (χ4n) is 3.85. The zero-order valence-corrected chi connectivity index (χ0v) is 14.4. The van der Waals surface area contributed by atoms with Crippen LogP contribution in [-0.2, 0) is 22.4 Å². The fraction of sp³-hybridized carbons (Fsp3) is 0.333. The summed E-state index contributed by atoms with van der Waals surface area (Å²) in [5.41, 5.74) is 4.33. The number of benzene rings is 2. The van der Waals surface area contributed by atoms with Crippen LogP contribution in [-0.4, -0.2) is 24.9 Å². The van der Waals surface area contributed by atoms with Gasteiger partial charge in [0.25, 0.3) is 0 Å². The molecule has 1 unspecified atom stereocenters. The molecule has 25 heavy (non-hydrogen) atoms. The van der Waals surface area contributed by atoms with Crippen molar-refractivity contribution in [3.63, 3.8) is 0 Å². The number of rotatable bonds is 3. The van der Waals surface area contributed by atoms with Crippen molar-refractivity contribution in [2.45, 2.75) is 26.2 Å². The van der Waals surface area contributed by atoms with Gasteiger partial charge in [-0.25, -0.2) is 0 Å². The monoisotopic (exact) mass is 334 g/mol. The van der Waals surface area contributed by atoms with Crippen molar-refractivity contribution < 1.29 is 9.59 Å². The number of carbonyl (C=O) groups excluding carboxylic acids is 2. The van der Waals surface area contributed by atoms with Crippen LogP contribution in [0.2, 0.25) is 0 Å². The van der Waals surface area contributed by atoms with Gasteiger partial charge in [-0.3, -0.25) is 9.59 Å². The van der Waals surface area contributed by atoms with E-state index in [1.54, 1.807) is 4.90 Å². The van der Waals surface area contributed by atoms with Crippen molar-refractivity contribution in [3.05, 3.63) is 59.7 Å². The van der Waals surface area contributed by atoms with Gasteiger partial charge in [-0.15, -0.1) is 0 Å². The molecule has 0 radical (unpaired) electrons. The number of amides is 2. The van der Waals surface area contributed by atoms with Gasteiger partial charge in [-0.2, -0.15) is 0 Å². The maximum atomic E-state index is 13.0. The van der Waals surface area contributed by atoms with Crippen LogP contribution in [0.15, 0.2) is 48.5 Å².